The standard InChI is InChI=1S/C16H17N3/c1-12-7-14(10-17-8-12)18-9-13-11-19(2)16-6-4-3-5-15(13)16/h3-8,10-11,18H,9H2,1-2H3. The number of nitrogens with zero attached hydrogens (tertiary/aromatic N) is 2. The van der Waals surface area contributed by atoms with Crippen LogP contribution < -0.4 is 5.32 Å². The van der Waals surface area contributed by atoms with E-state index in [2.05, 4.69) is 65.4 Å². The highest BCUT2D eigenvalue weighted by atomic mass is 14.9. The Kier molecular flexibility index (Phi) is 2.95. The summed E-state index contributed by atoms with van der Waals surface area (Å²) < 4.78 is 2.17. The van der Waals surface area contributed by atoms with Crippen LogP contribution in [0.15, 0.2) is 48.9 Å². The molecule has 0 spiro atoms. The zero-order valence-electron chi connectivity index (χ0n) is 11.2. The second kappa shape index (κ2) is 4.76. The molecule has 0 aliphatic rings. The molecule has 0 amide bonds. The lowest BCUT2D eigenvalue weighted by molar-refractivity contribution is 0.955. The van der Waals surface area contributed by atoms with Crippen LogP contribution in [-0.2, 0) is 13.6 Å². The number of para-hydroxylation sites is 1. The number of nitrogens with one attached hydrogen (secondary N) is 1. The SMILES string of the molecule is Cc1cncc(NCc2cn(C)c3ccccc23)c1. The van der Waals surface area contributed by atoms with E-state index in [0.717, 1.165) is 12.2 Å². The number of hydrogen-bond donors (Lipinski definition) is 1. The molecular formula is C16H17N3. The number of pyridine rings is 1. The van der Waals surface area contributed by atoms with Gasteiger partial charge < -0.3 is 9.88 Å². The van der Waals surface area contributed by atoms with Crippen LogP contribution >= 0.6 is 0 Å². The predicted molar refractivity (Wildman–Crippen MR) is 79.2 cm³/mol. The van der Waals surface area contributed by atoms with Gasteiger partial charge in [0.05, 0.1) is 5.69 Å². The molecular weight excluding hydrogens is 234 g/mol. The van der Waals surface area contributed by atoms with Crippen LogP contribution in [0.1, 0.15) is 11.1 Å². The van der Waals surface area contributed by atoms with E-state index >= 15 is 0 Å². The number of aryl methyl sites for hydroxylation is 2. The van der Waals surface area contributed by atoms with E-state index < -0.39 is 0 Å². The molecule has 1 aromatic carbocycles. The van der Waals surface area contributed by atoms with Gasteiger partial charge >= 0.3 is 0 Å². The maximum absolute atomic E-state index is 4.20. The summed E-state index contributed by atoms with van der Waals surface area (Å²) in [6, 6.07) is 10.6. The number of fused-ring (bicyclic) bond motifs is 1. The maximum Gasteiger partial charge on any atom is 0.0532 e. The normalized spacial score (nSPS) is 10.8. The minimum Gasteiger partial charge on any atom is -0.380 e. The Morgan fingerprint density at radius 2 is 2.05 bits per heavy atom. The van der Waals surface area contributed by atoms with Crippen molar-refractivity contribution < 1.29 is 0 Å². The molecule has 0 aliphatic heterocycles. The number of anilines is 1. The highest BCUT2D eigenvalue weighted by Crippen LogP contribution is 2.21. The third-order valence-corrected chi connectivity index (χ3v) is 3.34. The van der Waals surface area contributed by atoms with Crippen molar-refractivity contribution in [3.8, 4) is 0 Å². The molecule has 3 nitrogen and oxygen atoms in total. The van der Waals surface area contributed by atoms with E-state index in [1.165, 1.54) is 22.0 Å². The highest BCUT2D eigenvalue weighted by Gasteiger charge is 2.05. The maximum atomic E-state index is 4.20. The van der Waals surface area contributed by atoms with Crippen LogP contribution in [-0.4, -0.2) is 9.55 Å². The van der Waals surface area contributed by atoms with Gasteiger partial charge in [0.15, 0.2) is 0 Å². The van der Waals surface area contributed by atoms with Gasteiger partial charge in [0, 0.05) is 43.1 Å². The van der Waals surface area contributed by atoms with Crippen molar-refractivity contribution in [2.75, 3.05) is 5.32 Å². The molecule has 0 unspecified atom stereocenters. The molecule has 96 valence electrons. The van der Waals surface area contributed by atoms with Crippen LogP contribution in [0.25, 0.3) is 10.9 Å². The van der Waals surface area contributed by atoms with Crippen molar-refractivity contribution >= 4 is 16.6 Å². The molecule has 1 N–H and O–H groups in total. The zero-order chi connectivity index (χ0) is 13.2. The van der Waals surface area contributed by atoms with Crippen LogP contribution in [0, 0.1) is 6.92 Å². The van der Waals surface area contributed by atoms with Gasteiger partial charge in [0.1, 0.15) is 0 Å². The van der Waals surface area contributed by atoms with Crippen molar-refractivity contribution in [3.63, 3.8) is 0 Å². The van der Waals surface area contributed by atoms with Gasteiger partial charge in [-0.15, -0.1) is 0 Å². The first-order chi connectivity index (χ1) is 9.24. The fourth-order valence-corrected chi connectivity index (χ4v) is 2.42. The average Bonchev–Trinajstić information content (AvgIpc) is 2.74. The molecule has 0 atom stereocenters. The van der Waals surface area contributed by atoms with Gasteiger partial charge in [0.2, 0.25) is 0 Å². The predicted octanol–water partition coefficient (Wildman–Crippen LogP) is 3.49. The molecule has 0 aliphatic carbocycles. The Morgan fingerprint density at radius 1 is 1.21 bits per heavy atom. The van der Waals surface area contributed by atoms with Crippen molar-refractivity contribution in [3.05, 3.63) is 60.0 Å². The van der Waals surface area contributed by atoms with Crippen LogP contribution in [0.3, 0.4) is 0 Å². The fraction of sp³-hybridized carbons (Fsp3) is 0.188. The lowest BCUT2D eigenvalue weighted by Gasteiger charge is -2.05. The smallest absolute Gasteiger partial charge is 0.0532 e. The van der Waals surface area contributed by atoms with Gasteiger partial charge in [-0.05, 0) is 30.2 Å². The summed E-state index contributed by atoms with van der Waals surface area (Å²) in [6.45, 7) is 2.86. The quantitative estimate of drug-likeness (QED) is 0.772. The van der Waals surface area contributed by atoms with Gasteiger partial charge in [-0.2, -0.15) is 0 Å². The summed E-state index contributed by atoms with van der Waals surface area (Å²) in [5.41, 5.74) is 4.80. The summed E-state index contributed by atoms with van der Waals surface area (Å²) >= 11 is 0. The van der Waals surface area contributed by atoms with E-state index in [-0.39, 0.29) is 0 Å². The van der Waals surface area contributed by atoms with Gasteiger partial charge in [-0.25, -0.2) is 0 Å². The van der Waals surface area contributed by atoms with Crippen molar-refractivity contribution in [1.29, 1.82) is 0 Å². The van der Waals surface area contributed by atoms with E-state index in [9.17, 15) is 0 Å². The van der Waals surface area contributed by atoms with Crippen LogP contribution in [0.2, 0.25) is 0 Å². The lowest BCUT2D eigenvalue weighted by Crippen LogP contribution is -1.99. The van der Waals surface area contributed by atoms with Crippen LogP contribution in [0.5, 0.6) is 0 Å². The van der Waals surface area contributed by atoms with E-state index in [1.54, 1.807) is 0 Å². The molecule has 2 heterocycles. The number of rotatable bonds is 3. The molecule has 3 rings (SSSR count). The zero-order valence-corrected chi connectivity index (χ0v) is 11.2. The largest absolute Gasteiger partial charge is 0.380 e. The number of benzene rings is 1. The number of hydrogen-bond acceptors (Lipinski definition) is 2. The first kappa shape index (κ1) is 11.8. The first-order valence-corrected chi connectivity index (χ1v) is 6.42. The third-order valence-electron chi connectivity index (χ3n) is 3.34. The molecule has 2 aromatic heterocycles. The topological polar surface area (TPSA) is 29.9 Å². The van der Waals surface area contributed by atoms with Crippen molar-refractivity contribution in [2.24, 2.45) is 7.05 Å². The third kappa shape index (κ3) is 2.32. The minimum absolute atomic E-state index is 0.812. The van der Waals surface area contributed by atoms with Crippen molar-refractivity contribution in [1.82, 2.24) is 9.55 Å². The summed E-state index contributed by atoms with van der Waals surface area (Å²) in [5, 5.41) is 4.74. The van der Waals surface area contributed by atoms with E-state index in [4.69, 9.17) is 0 Å². The molecule has 0 bridgehead atoms. The Hall–Kier alpha value is -2.29. The Bertz CT molecular complexity index is 713. The molecule has 3 aromatic rings. The number of aromatic nitrogens is 2. The molecule has 0 saturated carbocycles. The Labute approximate surface area is 112 Å². The Morgan fingerprint density at radius 3 is 2.89 bits per heavy atom. The Balaban J connectivity index is 1.86. The van der Waals surface area contributed by atoms with Gasteiger partial charge in [0.25, 0.3) is 0 Å². The summed E-state index contributed by atoms with van der Waals surface area (Å²) in [4.78, 5) is 4.20. The monoisotopic (exact) mass is 251 g/mol. The van der Waals surface area contributed by atoms with Gasteiger partial charge in [-0.3, -0.25) is 4.98 Å². The van der Waals surface area contributed by atoms with Gasteiger partial charge in [-0.1, -0.05) is 18.2 Å². The summed E-state index contributed by atoms with van der Waals surface area (Å²) in [5.74, 6) is 0. The second-order valence-electron chi connectivity index (χ2n) is 4.89. The molecule has 0 fully saturated rings. The molecule has 19 heavy (non-hydrogen) atoms. The fourth-order valence-electron chi connectivity index (χ4n) is 2.42. The average molecular weight is 251 g/mol. The lowest BCUT2D eigenvalue weighted by atomic mass is 10.2. The second-order valence-corrected chi connectivity index (χ2v) is 4.89. The van der Waals surface area contributed by atoms with Crippen molar-refractivity contribution in [2.45, 2.75) is 13.5 Å². The van der Waals surface area contributed by atoms with E-state index in [1.807, 2.05) is 12.4 Å². The summed E-state index contributed by atoms with van der Waals surface area (Å²) in [6.07, 6.45) is 5.90. The molecule has 0 radical (unpaired) electrons. The molecule has 3 heteroatoms. The van der Waals surface area contributed by atoms with Crippen LogP contribution in [0.4, 0.5) is 5.69 Å². The summed E-state index contributed by atoms with van der Waals surface area (Å²) in [7, 11) is 2.08. The minimum atomic E-state index is 0.812. The van der Waals surface area contributed by atoms with E-state index in [0.29, 0.717) is 0 Å². The highest BCUT2D eigenvalue weighted by molar-refractivity contribution is 5.84. The first-order valence-electron chi connectivity index (χ1n) is 6.42. The molecule has 0 saturated heterocycles.